The number of benzene rings is 1. The Hall–Kier alpha value is -2.30. The summed E-state index contributed by atoms with van der Waals surface area (Å²) in [5.41, 5.74) is 1.11. The molecule has 0 bridgehead atoms. The van der Waals surface area contributed by atoms with Gasteiger partial charge in [0.25, 0.3) is 0 Å². The van der Waals surface area contributed by atoms with Crippen molar-refractivity contribution in [3.8, 4) is 5.75 Å². The van der Waals surface area contributed by atoms with Gasteiger partial charge < -0.3 is 15.2 Å². The maximum atomic E-state index is 11.7. The zero-order chi connectivity index (χ0) is 16.4. The number of carbonyl (C=O) groups excluding carboxylic acids is 1. The lowest BCUT2D eigenvalue weighted by Gasteiger charge is -2.12. The minimum atomic E-state index is -1.03. The minimum absolute atomic E-state index is 0.242. The molecule has 0 spiro atoms. The smallest absolute Gasteiger partial charge is 0.326 e. The highest BCUT2D eigenvalue weighted by Gasteiger charge is 2.17. The fourth-order valence-corrected chi connectivity index (χ4v) is 1.89. The SMILES string of the molecule is C/C=C/CC(NC(=O)CCCOc1cccc(C)c1)C(=O)O. The molecule has 22 heavy (non-hydrogen) atoms. The predicted molar refractivity (Wildman–Crippen MR) is 84.9 cm³/mol. The van der Waals surface area contributed by atoms with Crippen LogP contribution >= 0.6 is 0 Å². The van der Waals surface area contributed by atoms with Crippen molar-refractivity contribution >= 4 is 11.9 Å². The van der Waals surface area contributed by atoms with Gasteiger partial charge in [-0.3, -0.25) is 4.79 Å². The molecule has 1 aromatic carbocycles. The molecule has 0 saturated carbocycles. The number of aliphatic carboxylic acids is 1. The first kappa shape index (κ1) is 17.8. The lowest BCUT2D eigenvalue weighted by atomic mass is 10.2. The molecule has 5 nitrogen and oxygen atoms in total. The predicted octanol–water partition coefficient (Wildman–Crippen LogP) is 2.69. The second-order valence-corrected chi connectivity index (χ2v) is 5.03. The molecule has 2 N–H and O–H groups in total. The number of ether oxygens (including phenoxy) is 1. The van der Waals surface area contributed by atoms with Crippen LogP contribution in [0.4, 0.5) is 0 Å². The molecule has 120 valence electrons. The molecule has 0 aliphatic rings. The zero-order valence-electron chi connectivity index (χ0n) is 13.0. The minimum Gasteiger partial charge on any atom is -0.494 e. The van der Waals surface area contributed by atoms with Crippen molar-refractivity contribution in [2.45, 2.75) is 39.2 Å². The van der Waals surface area contributed by atoms with Crippen LogP contribution in [0.25, 0.3) is 0 Å². The van der Waals surface area contributed by atoms with Crippen molar-refractivity contribution in [1.29, 1.82) is 0 Å². The Bertz CT molecular complexity index is 525. The van der Waals surface area contributed by atoms with Gasteiger partial charge in [-0.25, -0.2) is 4.79 Å². The standard InChI is InChI=1S/C17H23NO4/c1-3-4-9-15(17(20)21)18-16(19)10-6-11-22-14-8-5-7-13(2)12-14/h3-5,7-8,12,15H,6,9-11H2,1-2H3,(H,18,19)(H,20,21)/b4-3+. The third kappa shape index (κ3) is 6.92. The van der Waals surface area contributed by atoms with Gasteiger partial charge in [0.05, 0.1) is 6.61 Å². The molecule has 0 aliphatic carbocycles. The first-order valence-electron chi connectivity index (χ1n) is 7.35. The number of allylic oxidation sites excluding steroid dienone is 1. The molecule has 0 aliphatic heterocycles. The summed E-state index contributed by atoms with van der Waals surface area (Å²) in [6, 6.07) is 6.82. The highest BCUT2D eigenvalue weighted by molar-refractivity contribution is 5.83. The van der Waals surface area contributed by atoms with Gasteiger partial charge in [-0.05, 0) is 44.4 Å². The number of carboxylic acids is 1. The Labute approximate surface area is 131 Å². The Morgan fingerprint density at radius 3 is 2.82 bits per heavy atom. The molecule has 0 aromatic heterocycles. The Morgan fingerprint density at radius 2 is 2.18 bits per heavy atom. The van der Waals surface area contributed by atoms with Gasteiger partial charge in [0, 0.05) is 6.42 Å². The third-order valence-corrected chi connectivity index (χ3v) is 3.05. The normalized spacial score (nSPS) is 12.1. The molecular formula is C17H23NO4. The van der Waals surface area contributed by atoms with E-state index in [1.165, 1.54) is 0 Å². The molecule has 0 fully saturated rings. The average Bonchev–Trinajstić information content (AvgIpc) is 2.47. The van der Waals surface area contributed by atoms with Crippen molar-refractivity contribution in [2.75, 3.05) is 6.61 Å². The summed E-state index contributed by atoms with van der Waals surface area (Å²) in [7, 11) is 0. The second-order valence-electron chi connectivity index (χ2n) is 5.03. The maximum Gasteiger partial charge on any atom is 0.326 e. The van der Waals surface area contributed by atoms with Gasteiger partial charge in [0.2, 0.25) is 5.91 Å². The van der Waals surface area contributed by atoms with E-state index in [1.807, 2.05) is 38.1 Å². The summed E-state index contributed by atoms with van der Waals surface area (Å²) in [5.74, 6) is -0.524. The van der Waals surface area contributed by atoms with E-state index >= 15 is 0 Å². The topological polar surface area (TPSA) is 75.6 Å². The van der Waals surface area contributed by atoms with E-state index in [2.05, 4.69) is 5.32 Å². The molecule has 1 rings (SSSR count). The Morgan fingerprint density at radius 1 is 1.41 bits per heavy atom. The molecular weight excluding hydrogens is 282 g/mol. The first-order valence-corrected chi connectivity index (χ1v) is 7.35. The molecule has 0 radical (unpaired) electrons. The summed E-state index contributed by atoms with van der Waals surface area (Å²) in [6.07, 6.45) is 4.55. The Balaban J connectivity index is 2.28. The van der Waals surface area contributed by atoms with Crippen molar-refractivity contribution in [3.63, 3.8) is 0 Å². The summed E-state index contributed by atoms with van der Waals surface area (Å²) in [5, 5.41) is 11.5. The van der Waals surface area contributed by atoms with E-state index in [4.69, 9.17) is 9.84 Å². The number of carboxylic acid groups (broad SMARTS) is 1. The zero-order valence-corrected chi connectivity index (χ0v) is 13.0. The van der Waals surface area contributed by atoms with Crippen LogP contribution in [0.15, 0.2) is 36.4 Å². The van der Waals surface area contributed by atoms with Crippen molar-refractivity contribution in [1.82, 2.24) is 5.32 Å². The maximum absolute atomic E-state index is 11.7. The summed E-state index contributed by atoms with van der Waals surface area (Å²) < 4.78 is 5.55. The fraction of sp³-hybridized carbons (Fsp3) is 0.412. The van der Waals surface area contributed by atoms with Crippen LogP contribution in [0.2, 0.25) is 0 Å². The van der Waals surface area contributed by atoms with E-state index < -0.39 is 12.0 Å². The quantitative estimate of drug-likeness (QED) is 0.543. The van der Waals surface area contributed by atoms with E-state index in [0.29, 0.717) is 13.0 Å². The number of rotatable bonds is 9. The number of amides is 1. The van der Waals surface area contributed by atoms with Gasteiger partial charge in [-0.15, -0.1) is 0 Å². The molecule has 1 unspecified atom stereocenters. The van der Waals surface area contributed by atoms with E-state index in [0.717, 1.165) is 11.3 Å². The van der Waals surface area contributed by atoms with Crippen molar-refractivity contribution in [3.05, 3.63) is 42.0 Å². The van der Waals surface area contributed by atoms with Crippen LogP contribution in [0.1, 0.15) is 31.7 Å². The van der Waals surface area contributed by atoms with Gasteiger partial charge in [0.15, 0.2) is 0 Å². The molecule has 0 saturated heterocycles. The number of aryl methyl sites for hydroxylation is 1. The van der Waals surface area contributed by atoms with Crippen molar-refractivity contribution in [2.24, 2.45) is 0 Å². The number of carbonyl (C=O) groups is 2. The summed E-state index contributed by atoms with van der Waals surface area (Å²) >= 11 is 0. The van der Waals surface area contributed by atoms with Crippen LogP contribution in [0.5, 0.6) is 5.75 Å². The van der Waals surface area contributed by atoms with Crippen LogP contribution in [0.3, 0.4) is 0 Å². The lowest BCUT2D eigenvalue weighted by Crippen LogP contribution is -2.40. The Kier molecular flexibility index (Phi) is 7.75. The highest BCUT2D eigenvalue weighted by Crippen LogP contribution is 2.12. The molecule has 0 heterocycles. The summed E-state index contributed by atoms with van der Waals surface area (Å²) in [4.78, 5) is 22.7. The molecule has 1 aromatic rings. The number of nitrogens with one attached hydrogen (secondary N) is 1. The highest BCUT2D eigenvalue weighted by atomic mass is 16.5. The van der Waals surface area contributed by atoms with E-state index in [9.17, 15) is 9.59 Å². The largest absolute Gasteiger partial charge is 0.494 e. The van der Waals surface area contributed by atoms with Gasteiger partial charge in [-0.1, -0.05) is 24.3 Å². The van der Waals surface area contributed by atoms with Gasteiger partial charge >= 0.3 is 5.97 Å². The second kappa shape index (κ2) is 9.60. The van der Waals surface area contributed by atoms with Crippen LogP contribution < -0.4 is 10.1 Å². The van der Waals surface area contributed by atoms with Crippen LogP contribution in [0, 0.1) is 6.92 Å². The monoisotopic (exact) mass is 305 g/mol. The lowest BCUT2D eigenvalue weighted by molar-refractivity contribution is -0.141. The third-order valence-electron chi connectivity index (χ3n) is 3.05. The first-order chi connectivity index (χ1) is 10.5. The molecule has 1 amide bonds. The number of hydrogen-bond donors (Lipinski definition) is 2. The number of hydrogen-bond acceptors (Lipinski definition) is 3. The molecule has 1 atom stereocenters. The summed E-state index contributed by atoms with van der Waals surface area (Å²) in [6.45, 7) is 4.21. The van der Waals surface area contributed by atoms with Crippen molar-refractivity contribution < 1.29 is 19.4 Å². The van der Waals surface area contributed by atoms with Crippen LogP contribution in [-0.4, -0.2) is 29.6 Å². The van der Waals surface area contributed by atoms with E-state index in [-0.39, 0.29) is 18.7 Å². The fourth-order valence-electron chi connectivity index (χ4n) is 1.89. The van der Waals surface area contributed by atoms with Gasteiger partial charge in [-0.2, -0.15) is 0 Å². The average molecular weight is 305 g/mol. The van der Waals surface area contributed by atoms with Crippen LogP contribution in [-0.2, 0) is 9.59 Å². The molecule has 5 heteroatoms. The van der Waals surface area contributed by atoms with E-state index in [1.54, 1.807) is 12.2 Å². The van der Waals surface area contributed by atoms with Gasteiger partial charge in [0.1, 0.15) is 11.8 Å².